The van der Waals surface area contributed by atoms with Crippen LogP contribution in [0.2, 0.25) is 0 Å². The van der Waals surface area contributed by atoms with Gasteiger partial charge in [-0.05, 0) is 36.6 Å². The fraction of sp³-hybridized carbons (Fsp3) is 0.350. The maximum Gasteiger partial charge on any atom is 0.225 e. The molecule has 1 heterocycles. The van der Waals surface area contributed by atoms with Crippen molar-refractivity contribution >= 4 is 11.6 Å². The number of anilines is 1. The van der Waals surface area contributed by atoms with Crippen molar-refractivity contribution in [2.75, 3.05) is 25.0 Å². The lowest BCUT2D eigenvalue weighted by atomic mass is 10.00. The highest BCUT2D eigenvalue weighted by molar-refractivity contribution is 5.92. The second-order valence-electron chi connectivity index (χ2n) is 6.02. The lowest BCUT2D eigenvalue weighted by molar-refractivity contribution is -0.116. The zero-order valence-electron chi connectivity index (χ0n) is 14.1. The number of nitrogens with one attached hydrogen (secondary N) is 1. The summed E-state index contributed by atoms with van der Waals surface area (Å²) in [6.07, 6.45) is 1.55. The summed E-state index contributed by atoms with van der Waals surface area (Å²) in [7, 11) is 0. The SMILES string of the molecule is CCOc1ccccc1NC(=O)CCN1CCc2ccccc2C1. The molecule has 0 bridgehead atoms. The molecule has 0 fully saturated rings. The lowest BCUT2D eigenvalue weighted by Gasteiger charge is -2.28. The van der Waals surface area contributed by atoms with Gasteiger partial charge in [-0.2, -0.15) is 0 Å². The van der Waals surface area contributed by atoms with Gasteiger partial charge >= 0.3 is 0 Å². The lowest BCUT2D eigenvalue weighted by Crippen LogP contribution is -2.33. The van der Waals surface area contributed by atoms with Crippen LogP contribution in [0.1, 0.15) is 24.5 Å². The molecule has 1 amide bonds. The second kappa shape index (κ2) is 7.97. The number of hydrogen-bond acceptors (Lipinski definition) is 3. The van der Waals surface area contributed by atoms with Gasteiger partial charge in [-0.25, -0.2) is 0 Å². The molecule has 0 aliphatic carbocycles. The van der Waals surface area contributed by atoms with E-state index in [1.54, 1.807) is 0 Å². The van der Waals surface area contributed by atoms with Crippen molar-refractivity contribution in [3.05, 3.63) is 59.7 Å². The van der Waals surface area contributed by atoms with E-state index >= 15 is 0 Å². The molecule has 0 unspecified atom stereocenters. The standard InChI is InChI=1S/C20H24N2O2/c1-2-24-19-10-6-5-9-18(19)21-20(23)12-14-22-13-11-16-7-3-4-8-17(16)15-22/h3-10H,2,11-15H2,1H3,(H,21,23). The van der Waals surface area contributed by atoms with E-state index in [9.17, 15) is 4.79 Å². The molecular weight excluding hydrogens is 300 g/mol. The van der Waals surface area contributed by atoms with Crippen LogP contribution in [0, 0.1) is 0 Å². The van der Waals surface area contributed by atoms with E-state index < -0.39 is 0 Å². The van der Waals surface area contributed by atoms with E-state index in [4.69, 9.17) is 4.74 Å². The summed E-state index contributed by atoms with van der Waals surface area (Å²) < 4.78 is 5.55. The molecular formula is C20H24N2O2. The van der Waals surface area contributed by atoms with Crippen LogP contribution in [-0.4, -0.2) is 30.5 Å². The number of benzene rings is 2. The Bertz CT molecular complexity index is 700. The van der Waals surface area contributed by atoms with Crippen LogP contribution in [0.15, 0.2) is 48.5 Å². The molecule has 3 rings (SSSR count). The average Bonchev–Trinajstić information content (AvgIpc) is 2.62. The van der Waals surface area contributed by atoms with E-state index in [2.05, 4.69) is 34.5 Å². The third-order valence-corrected chi connectivity index (χ3v) is 4.33. The molecule has 1 aliphatic rings. The number of rotatable bonds is 6. The van der Waals surface area contributed by atoms with Crippen LogP contribution in [0.5, 0.6) is 5.75 Å². The molecule has 2 aromatic carbocycles. The Balaban J connectivity index is 1.52. The van der Waals surface area contributed by atoms with Crippen molar-refractivity contribution in [2.45, 2.75) is 26.3 Å². The molecule has 0 saturated heterocycles. The number of fused-ring (bicyclic) bond motifs is 1. The molecule has 24 heavy (non-hydrogen) atoms. The molecule has 0 atom stereocenters. The predicted molar refractivity (Wildman–Crippen MR) is 96.3 cm³/mol. The highest BCUT2D eigenvalue weighted by Gasteiger charge is 2.16. The Hall–Kier alpha value is -2.33. The molecule has 0 saturated carbocycles. The fourth-order valence-electron chi connectivity index (χ4n) is 3.07. The van der Waals surface area contributed by atoms with Crippen molar-refractivity contribution in [3.8, 4) is 5.75 Å². The third-order valence-electron chi connectivity index (χ3n) is 4.33. The highest BCUT2D eigenvalue weighted by Crippen LogP contribution is 2.24. The van der Waals surface area contributed by atoms with Gasteiger partial charge in [0, 0.05) is 26.1 Å². The van der Waals surface area contributed by atoms with E-state index in [-0.39, 0.29) is 5.91 Å². The minimum absolute atomic E-state index is 0.0287. The van der Waals surface area contributed by atoms with E-state index in [0.717, 1.165) is 37.5 Å². The minimum atomic E-state index is 0.0287. The van der Waals surface area contributed by atoms with Gasteiger partial charge in [0.05, 0.1) is 12.3 Å². The zero-order valence-corrected chi connectivity index (χ0v) is 14.1. The minimum Gasteiger partial charge on any atom is -0.492 e. The molecule has 0 spiro atoms. The summed E-state index contributed by atoms with van der Waals surface area (Å²) in [6, 6.07) is 16.1. The van der Waals surface area contributed by atoms with Crippen LogP contribution in [0.4, 0.5) is 5.69 Å². The summed E-state index contributed by atoms with van der Waals surface area (Å²) in [5, 5.41) is 2.96. The van der Waals surface area contributed by atoms with Gasteiger partial charge in [0.1, 0.15) is 5.75 Å². The largest absolute Gasteiger partial charge is 0.492 e. The highest BCUT2D eigenvalue weighted by atomic mass is 16.5. The van der Waals surface area contributed by atoms with Gasteiger partial charge in [0.15, 0.2) is 0 Å². The Morgan fingerprint density at radius 3 is 2.71 bits per heavy atom. The van der Waals surface area contributed by atoms with E-state index in [1.807, 2.05) is 31.2 Å². The molecule has 1 N–H and O–H groups in total. The van der Waals surface area contributed by atoms with Crippen molar-refractivity contribution < 1.29 is 9.53 Å². The van der Waals surface area contributed by atoms with Crippen molar-refractivity contribution in [1.82, 2.24) is 4.90 Å². The topological polar surface area (TPSA) is 41.6 Å². The first-order valence-electron chi connectivity index (χ1n) is 8.57. The van der Waals surface area contributed by atoms with E-state index in [0.29, 0.717) is 13.0 Å². The van der Waals surface area contributed by atoms with Gasteiger partial charge in [-0.3, -0.25) is 9.69 Å². The summed E-state index contributed by atoms with van der Waals surface area (Å²) >= 11 is 0. The quantitative estimate of drug-likeness (QED) is 0.884. The monoisotopic (exact) mass is 324 g/mol. The van der Waals surface area contributed by atoms with Crippen LogP contribution in [0.25, 0.3) is 0 Å². The Morgan fingerprint density at radius 2 is 1.88 bits per heavy atom. The maximum absolute atomic E-state index is 12.3. The van der Waals surface area contributed by atoms with Crippen LogP contribution in [-0.2, 0) is 17.8 Å². The molecule has 2 aromatic rings. The number of amides is 1. The summed E-state index contributed by atoms with van der Waals surface area (Å²) in [5.74, 6) is 0.751. The fourth-order valence-corrected chi connectivity index (χ4v) is 3.07. The van der Waals surface area contributed by atoms with Crippen molar-refractivity contribution in [1.29, 1.82) is 0 Å². The Labute approximate surface area is 143 Å². The number of nitrogens with zero attached hydrogens (tertiary/aromatic N) is 1. The van der Waals surface area contributed by atoms with E-state index in [1.165, 1.54) is 11.1 Å². The third kappa shape index (κ3) is 4.15. The zero-order chi connectivity index (χ0) is 16.8. The predicted octanol–water partition coefficient (Wildman–Crippen LogP) is 3.47. The molecule has 1 aliphatic heterocycles. The van der Waals surface area contributed by atoms with Gasteiger partial charge in [0.2, 0.25) is 5.91 Å². The van der Waals surface area contributed by atoms with Gasteiger partial charge < -0.3 is 10.1 Å². The molecule has 126 valence electrons. The van der Waals surface area contributed by atoms with Crippen molar-refractivity contribution in [2.24, 2.45) is 0 Å². The summed E-state index contributed by atoms with van der Waals surface area (Å²) in [4.78, 5) is 14.6. The summed E-state index contributed by atoms with van der Waals surface area (Å²) in [5.41, 5.74) is 3.56. The smallest absolute Gasteiger partial charge is 0.225 e. The number of para-hydroxylation sites is 2. The Morgan fingerprint density at radius 1 is 1.12 bits per heavy atom. The van der Waals surface area contributed by atoms with Crippen LogP contribution >= 0.6 is 0 Å². The number of ether oxygens (including phenoxy) is 1. The molecule has 0 radical (unpaired) electrons. The molecule has 4 heteroatoms. The first-order chi connectivity index (χ1) is 11.8. The number of carbonyl (C=O) groups is 1. The normalized spacial score (nSPS) is 14.0. The second-order valence-corrected chi connectivity index (χ2v) is 6.02. The molecule has 4 nitrogen and oxygen atoms in total. The maximum atomic E-state index is 12.3. The molecule has 0 aromatic heterocycles. The van der Waals surface area contributed by atoms with Gasteiger partial charge in [-0.1, -0.05) is 36.4 Å². The van der Waals surface area contributed by atoms with Crippen molar-refractivity contribution in [3.63, 3.8) is 0 Å². The van der Waals surface area contributed by atoms with Crippen LogP contribution < -0.4 is 10.1 Å². The van der Waals surface area contributed by atoms with Gasteiger partial charge in [-0.15, -0.1) is 0 Å². The van der Waals surface area contributed by atoms with Gasteiger partial charge in [0.25, 0.3) is 0 Å². The number of carbonyl (C=O) groups excluding carboxylic acids is 1. The number of hydrogen-bond donors (Lipinski definition) is 1. The summed E-state index contributed by atoms with van der Waals surface area (Å²) in [6.45, 7) is 5.24. The first kappa shape index (κ1) is 16.5. The first-order valence-corrected chi connectivity index (χ1v) is 8.57. The Kier molecular flexibility index (Phi) is 5.49. The van der Waals surface area contributed by atoms with Crippen LogP contribution in [0.3, 0.4) is 0 Å². The average molecular weight is 324 g/mol.